The number of fused-ring (bicyclic) bond motifs is 2. The van der Waals surface area contributed by atoms with Gasteiger partial charge >= 0.3 is 0 Å². The number of carbonyl (C=O) groups is 2. The van der Waals surface area contributed by atoms with Gasteiger partial charge in [-0.25, -0.2) is 4.39 Å². The fourth-order valence-electron chi connectivity index (χ4n) is 3.41. The average Bonchev–Trinajstić information content (AvgIpc) is 2.96. The number of anilines is 1. The van der Waals surface area contributed by atoms with Gasteiger partial charge in [0.15, 0.2) is 23.9 Å². The van der Waals surface area contributed by atoms with Gasteiger partial charge in [-0.05, 0) is 30.2 Å². The first-order chi connectivity index (χ1) is 13.0. The molecule has 0 unspecified atom stereocenters. The lowest BCUT2D eigenvalue weighted by Crippen LogP contribution is -2.21. The van der Waals surface area contributed by atoms with Crippen LogP contribution in [0, 0.1) is 5.82 Å². The van der Waals surface area contributed by atoms with E-state index in [9.17, 15) is 14.0 Å². The van der Waals surface area contributed by atoms with E-state index in [2.05, 4.69) is 5.32 Å². The number of Topliss-reactive ketones (excluding diaryl/α,β-unsaturated/α-hetero) is 1. The molecule has 6 nitrogen and oxygen atoms in total. The van der Waals surface area contributed by atoms with Crippen LogP contribution in [0.25, 0.3) is 0 Å². The summed E-state index contributed by atoms with van der Waals surface area (Å²) in [4.78, 5) is 24.3. The molecular weight excluding hydrogens is 353 g/mol. The lowest BCUT2D eigenvalue weighted by Gasteiger charge is -2.19. The van der Waals surface area contributed by atoms with Crippen molar-refractivity contribution < 1.29 is 28.2 Å². The van der Waals surface area contributed by atoms with Crippen LogP contribution in [0.1, 0.15) is 35.2 Å². The highest BCUT2D eigenvalue weighted by molar-refractivity contribution is 6.04. The average molecular weight is 371 g/mol. The summed E-state index contributed by atoms with van der Waals surface area (Å²) < 4.78 is 30.4. The molecule has 1 N–H and O–H groups in total. The zero-order valence-electron chi connectivity index (χ0n) is 14.7. The van der Waals surface area contributed by atoms with Gasteiger partial charge in [-0.2, -0.15) is 0 Å². The van der Waals surface area contributed by atoms with Crippen molar-refractivity contribution in [1.29, 1.82) is 0 Å². The first-order valence-corrected chi connectivity index (χ1v) is 8.71. The van der Waals surface area contributed by atoms with Gasteiger partial charge in [0.05, 0.1) is 5.56 Å². The Morgan fingerprint density at radius 1 is 1.22 bits per heavy atom. The Bertz CT molecular complexity index is 927. The van der Waals surface area contributed by atoms with E-state index < -0.39 is 11.7 Å². The van der Waals surface area contributed by atoms with Crippen LogP contribution in [-0.4, -0.2) is 31.5 Å². The molecule has 27 heavy (non-hydrogen) atoms. The van der Waals surface area contributed by atoms with Crippen LogP contribution >= 0.6 is 0 Å². The van der Waals surface area contributed by atoms with Crippen LogP contribution in [-0.2, 0) is 4.79 Å². The quantitative estimate of drug-likeness (QED) is 0.893. The Labute approximate surface area is 155 Å². The number of hydrogen-bond acceptors (Lipinski definition) is 5. The highest BCUT2D eigenvalue weighted by Gasteiger charge is 2.32. The molecule has 2 aromatic carbocycles. The lowest BCUT2D eigenvalue weighted by molar-refractivity contribution is -0.118. The summed E-state index contributed by atoms with van der Waals surface area (Å²) in [5, 5.41) is 2.70. The Hall–Kier alpha value is -3.09. The predicted molar refractivity (Wildman–Crippen MR) is 95.3 cm³/mol. The summed E-state index contributed by atoms with van der Waals surface area (Å²) in [6, 6.07) is 7.75. The van der Waals surface area contributed by atoms with E-state index in [-0.39, 0.29) is 36.0 Å². The second-order valence-corrected chi connectivity index (χ2v) is 6.56. The van der Waals surface area contributed by atoms with Crippen LogP contribution in [0.4, 0.5) is 10.1 Å². The molecule has 2 aliphatic rings. The van der Waals surface area contributed by atoms with Crippen molar-refractivity contribution in [2.45, 2.75) is 19.3 Å². The van der Waals surface area contributed by atoms with E-state index in [1.807, 2.05) is 0 Å². The second kappa shape index (κ2) is 6.90. The van der Waals surface area contributed by atoms with Gasteiger partial charge in [-0.1, -0.05) is 6.92 Å². The van der Waals surface area contributed by atoms with Crippen molar-refractivity contribution in [2.24, 2.45) is 0 Å². The molecule has 0 radical (unpaired) electrons. The van der Waals surface area contributed by atoms with Crippen molar-refractivity contribution in [1.82, 2.24) is 0 Å². The molecule has 0 bridgehead atoms. The molecular formula is C20H18FNO5. The van der Waals surface area contributed by atoms with E-state index >= 15 is 0 Å². The number of benzene rings is 2. The third-order valence-corrected chi connectivity index (χ3v) is 4.60. The van der Waals surface area contributed by atoms with Gasteiger partial charge in [-0.3, -0.25) is 9.59 Å². The number of ether oxygens (including phenoxy) is 3. The molecule has 4 rings (SSSR count). The van der Waals surface area contributed by atoms with Crippen LogP contribution in [0.3, 0.4) is 0 Å². The maximum atomic E-state index is 14.0. The number of ketones is 1. The molecule has 0 saturated carbocycles. The van der Waals surface area contributed by atoms with Crippen LogP contribution in [0.5, 0.6) is 17.2 Å². The highest BCUT2D eigenvalue weighted by atomic mass is 19.1. The summed E-state index contributed by atoms with van der Waals surface area (Å²) in [6.45, 7) is 2.45. The number of carbonyl (C=O) groups excluding carboxylic acids is 2. The molecule has 0 spiro atoms. The summed E-state index contributed by atoms with van der Waals surface area (Å²) >= 11 is 0. The Kier molecular flexibility index (Phi) is 4.43. The van der Waals surface area contributed by atoms with Crippen LogP contribution in [0.15, 0.2) is 30.3 Å². The number of hydrogen-bond donors (Lipinski definition) is 1. The summed E-state index contributed by atoms with van der Waals surface area (Å²) in [7, 11) is 0. The van der Waals surface area contributed by atoms with E-state index in [1.165, 1.54) is 12.1 Å². The summed E-state index contributed by atoms with van der Waals surface area (Å²) in [6.07, 6.45) is 0.246. The fourth-order valence-corrected chi connectivity index (χ4v) is 3.41. The van der Waals surface area contributed by atoms with Gasteiger partial charge < -0.3 is 19.5 Å². The topological polar surface area (TPSA) is 73.9 Å². The van der Waals surface area contributed by atoms with Gasteiger partial charge in [0.25, 0.3) is 5.91 Å². The number of amides is 1. The zero-order valence-corrected chi connectivity index (χ0v) is 14.7. The SMILES string of the molecule is C[C@@H]1CC(=O)c2c(OCC(=O)Nc3ccc4c(c3)OCCO4)ccc(F)c21. The molecule has 1 heterocycles. The van der Waals surface area contributed by atoms with Gasteiger partial charge in [-0.15, -0.1) is 0 Å². The van der Waals surface area contributed by atoms with Gasteiger partial charge in [0, 0.05) is 23.7 Å². The molecule has 0 saturated heterocycles. The largest absolute Gasteiger partial charge is 0.486 e. The molecule has 1 aliphatic carbocycles. The molecule has 0 fully saturated rings. The number of rotatable bonds is 4. The zero-order chi connectivity index (χ0) is 19.0. The van der Waals surface area contributed by atoms with E-state index in [1.54, 1.807) is 25.1 Å². The summed E-state index contributed by atoms with van der Waals surface area (Å²) in [5.74, 6) is 0.250. The van der Waals surface area contributed by atoms with Crippen molar-refractivity contribution in [2.75, 3.05) is 25.1 Å². The number of halogens is 1. The minimum atomic E-state index is -0.420. The third kappa shape index (κ3) is 3.32. The van der Waals surface area contributed by atoms with Crippen molar-refractivity contribution in [3.63, 3.8) is 0 Å². The highest BCUT2D eigenvalue weighted by Crippen LogP contribution is 2.39. The first kappa shape index (κ1) is 17.3. The minimum Gasteiger partial charge on any atom is -0.486 e. The summed E-state index contributed by atoms with van der Waals surface area (Å²) in [5.41, 5.74) is 1.15. The number of nitrogens with one attached hydrogen (secondary N) is 1. The standard InChI is InChI=1S/C20H18FNO5/c1-11-8-14(23)20-16(5-3-13(21)19(11)20)27-10-18(24)22-12-2-4-15-17(9-12)26-7-6-25-15/h2-5,9,11H,6-8,10H2,1H3,(H,22,24)/t11-/m1/s1. The molecule has 2 aromatic rings. The van der Waals surface area contributed by atoms with Crippen LogP contribution < -0.4 is 19.5 Å². The smallest absolute Gasteiger partial charge is 0.262 e. The molecule has 7 heteroatoms. The Morgan fingerprint density at radius 3 is 2.81 bits per heavy atom. The normalized spacial score (nSPS) is 17.4. The third-order valence-electron chi connectivity index (χ3n) is 4.60. The minimum absolute atomic E-state index is 0.167. The van der Waals surface area contributed by atoms with E-state index in [0.29, 0.717) is 36.0 Å². The first-order valence-electron chi connectivity index (χ1n) is 8.71. The van der Waals surface area contributed by atoms with Crippen LogP contribution in [0.2, 0.25) is 0 Å². The maximum absolute atomic E-state index is 14.0. The monoisotopic (exact) mass is 371 g/mol. The van der Waals surface area contributed by atoms with E-state index in [4.69, 9.17) is 14.2 Å². The molecule has 1 aliphatic heterocycles. The fraction of sp³-hybridized carbons (Fsp3) is 0.300. The van der Waals surface area contributed by atoms with Gasteiger partial charge in [0.2, 0.25) is 0 Å². The predicted octanol–water partition coefficient (Wildman–Crippen LogP) is 3.30. The van der Waals surface area contributed by atoms with Crippen molar-refractivity contribution in [3.8, 4) is 17.2 Å². The molecule has 1 atom stereocenters. The van der Waals surface area contributed by atoms with Crippen molar-refractivity contribution in [3.05, 3.63) is 47.3 Å². The molecule has 0 aromatic heterocycles. The molecule has 1 amide bonds. The van der Waals surface area contributed by atoms with E-state index in [0.717, 1.165) is 0 Å². The second-order valence-electron chi connectivity index (χ2n) is 6.56. The lowest BCUT2D eigenvalue weighted by atomic mass is 10.0. The van der Waals surface area contributed by atoms with Gasteiger partial charge in [0.1, 0.15) is 24.8 Å². The Balaban J connectivity index is 1.44. The van der Waals surface area contributed by atoms with Crippen molar-refractivity contribution >= 4 is 17.4 Å². The Morgan fingerprint density at radius 2 is 2.00 bits per heavy atom. The molecule has 140 valence electrons. The maximum Gasteiger partial charge on any atom is 0.262 e.